The lowest BCUT2D eigenvalue weighted by atomic mass is 9.90. The number of hydrogen-bond donors (Lipinski definition) is 1. The Hall–Kier alpha value is 0.230. The molecule has 0 radical (unpaired) electrons. The maximum absolute atomic E-state index is 6.21. The second-order valence-electron chi connectivity index (χ2n) is 5.61. The summed E-state index contributed by atoms with van der Waals surface area (Å²) in [6.07, 6.45) is 4.23. The van der Waals surface area contributed by atoms with Crippen LogP contribution < -0.4 is 5.73 Å². The molecule has 100 valence electrons. The summed E-state index contributed by atoms with van der Waals surface area (Å²) in [5.41, 5.74) is 6.21. The van der Waals surface area contributed by atoms with E-state index in [-0.39, 0.29) is 5.79 Å². The van der Waals surface area contributed by atoms with Gasteiger partial charge in [0.05, 0.1) is 13.2 Å². The molecule has 4 heteroatoms. The molecule has 17 heavy (non-hydrogen) atoms. The van der Waals surface area contributed by atoms with Crippen molar-refractivity contribution < 1.29 is 9.47 Å². The smallest absolute Gasteiger partial charge is 0.169 e. The van der Waals surface area contributed by atoms with E-state index in [1.54, 1.807) is 0 Å². The highest BCUT2D eigenvalue weighted by Crippen LogP contribution is 2.40. The Morgan fingerprint density at radius 3 is 2.71 bits per heavy atom. The molecular formula is C13H25NO2S. The van der Waals surface area contributed by atoms with E-state index in [1.165, 1.54) is 12.2 Å². The van der Waals surface area contributed by atoms with Crippen molar-refractivity contribution in [3.8, 4) is 0 Å². The van der Waals surface area contributed by atoms with Crippen molar-refractivity contribution in [2.45, 2.75) is 56.6 Å². The Bertz CT molecular complexity index is 242. The van der Waals surface area contributed by atoms with Crippen LogP contribution in [0.1, 0.15) is 39.5 Å². The lowest BCUT2D eigenvalue weighted by molar-refractivity contribution is -0.176. The molecule has 1 saturated carbocycles. The molecular weight excluding hydrogens is 234 g/mol. The van der Waals surface area contributed by atoms with Gasteiger partial charge in [0.25, 0.3) is 0 Å². The maximum atomic E-state index is 6.21. The molecule has 2 fully saturated rings. The summed E-state index contributed by atoms with van der Waals surface area (Å²) in [4.78, 5) is 0. The van der Waals surface area contributed by atoms with Gasteiger partial charge in [0.2, 0.25) is 0 Å². The third-order valence-corrected chi connectivity index (χ3v) is 5.10. The first-order chi connectivity index (χ1) is 8.11. The monoisotopic (exact) mass is 259 g/mol. The van der Waals surface area contributed by atoms with Crippen LogP contribution in [0.25, 0.3) is 0 Å². The Balaban J connectivity index is 1.82. The quantitative estimate of drug-likeness (QED) is 0.842. The summed E-state index contributed by atoms with van der Waals surface area (Å²) in [5.74, 6) is 1.69. The van der Waals surface area contributed by atoms with Crippen LogP contribution >= 0.6 is 11.8 Å². The van der Waals surface area contributed by atoms with Gasteiger partial charge in [0.1, 0.15) is 0 Å². The molecule has 2 aliphatic rings. The Kier molecular flexibility index (Phi) is 4.75. The number of rotatable bonds is 4. The molecule has 0 aromatic rings. The van der Waals surface area contributed by atoms with Crippen molar-refractivity contribution in [3.63, 3.8) is 0 Å². The van der Waals surface area contributed by atoms with Gasteiger partial charge in [-0.1, -0.05) is 13.8 Å². The van der Waals surface area contributed by atoms with Crippen LogP contribution in [0.3, 0.4) is 0 Å². The summed E-state index contributed by atoms with van der Waals surface area (Å²) < 4.78 is 11.6. The Morgan fingerprint density at radius 1 is 1.35 bits per heavy atom. The van der Waals surface area contributed by atoms with E-state index >= 15 is 0 Å². The Morgan fingerprint density at radius 2 is 2.06 bits per heavy atom. The lowest BCUT2D eigenvalue weighted by Crippen LogP contribution is -2.47. The van der Waals surface area contributed by atoms with E-state index in [2.05, 4.69) is 13.8 Å². The predicted molar refractivity (Wildman–Crippen MR) is 72.2 cm³/mol. The van der Waals surface area contributed by atoms with Crippen molar-refractivity contribution in [3.05, 3.63) is 0 Å². The zero-order valence-corrected chi connectivity index (χ0v) is 11.8. The van der Waals surface area contributed by atoms with Gasteiger partial charge < -0.3 is 15.2 Å². The molecule has 3 nitrogen and oxygen atoms in total. The summed E-state index contributed by atoms with van der Waals surface area (Å²) in [5, 5.41) is 0.501. The van der Waals surface area contributed by atoms with Gasteiger partial charge >= 0.3 is 0 Å². The average molecular weight is 259 g/mol. The largest absolute Gasteiger partial charge is 0.347 e. The first-order valence-corrected chi connectivity index (χ1v) is 7.81. The number of hydrogen-bond acceptors (Lipinski definition) is 4. The normalized spacial score (nSPS) is 32.5. The number of thioether (sulfide) groups is 1. The summed E-state index contributed by atoms with van der Waals surface area (Å²) in [7, 11) is 0. The summed E-state index contributed by atoms with van der Waals surface area (Å²) in [6.45, 7) is 6.04. The van der Waals surface area contributed by atoms with Gasteiger partial charge in [0, 0.05) is 24.1 Å². The summed E-state index contributed by atoms with van der Waals surface area (Å²) >= 11 is 2.01. The van der Waals surface area contributed by atoms with Crippen molar-refractivity contribution >= 4 is 11.8 Å². The van der Waals surface area contributed by atoms with E-state index in [9.17, 15) is 0 Å². The van der Waals surface area contributed by atoms with Crippen molar-refractivity contribution in [1.29, 1.82) is 0 Å². The number of ether oxygens (including phenoxy) is 2. The molecule has 1 aliphatic heterocycles. The molecule has 2 N–H and O–H groups in total. The second kappa shape index (κ2) is 5.91. The fourth-order valence-electron chi connectivity index (χ4n) is 2.53. The van der Waals surface area contributed by atoms with E-state index < -0.39 is 0 Å². The third kappa shape index (κ3) is 3.60. The topological polar surface area (TPSA) is 44.5 Å². The highest BCUT2D eigenvalue weighted by atomic mass is 32.2. The minimum absolute atomic E-state index is 0.286. The molecule has 1 heterocycles. The zero-order valence-electron chi connectivity index (χ0n) is 11.0. The van der Waals surface area contributed by atoms with Gasteiger partial charge in [-0.15, -0.1) is 0 Å². The molecule has 1 aliphatic carbocycles. The van der Waals surface area contributed by atoms with Gasteiger partial charge in [-0.25, -0.2) is 0 Å². The molecule has 2 rings (SSSR count). The van der Waals surface area contributed by atoms with E-state index in [4.69, 9.17) is 15.2 Å². The average Bonchev–Trinajstić information content (AvgIpc) is 2.72. The lowest BCUT2D eigenvalue weighted by Gasteiger charge is -2.39. The standard InChI is InChI=1S/C13H25NO2S/c1-10(2)4-8-17-12-9-13(5-3-11(12)14)15-6-7-16-13/h10-12H,3-9,14H2,1-2H3. The highest BCUT2D eigenvalue weighted by Gasteiger charge is 2.44. The van der Waals surface area contributed by atoms with Crippen LogP contribution in [-0.2, 0) is 9.47 Å². The SMILES string of the molecule is CC(C)CCSC1CC2(CCC1N)OCCO2. The molecule has 2 unspecified atom stereocenters. The van der Waals surface area contributed by atoms with E-state index in [0.29, 0.717) is 11.3 Å². The highest BCUT2D eigenvalue weighted by molar-refractivity contribution is 7.99. The molecule has 1 saturated heterocycles. The minimum atomic E-state index is -0.286. The predicted octanol–water partition coefficient (Wildman–Crippen LogP) is 2.39. The van der Waals surface area contributed by atoms with Crippen molar-refractivity contribution in [2.75, 3.05) is 19.0 Å². The first-order valence-electron chi connectivity index (χ1n) is 6.76. The van der Waals surface area contributed by atoms with Gasteiger partial charge in [-0.2, -0.15) is 11.8 Å². The van der Waals surface area contributed by atoms with Crippen LogP contribution in [0.2, 0.25) is 0 Å². The maximum Gasteiger partial charge on any atom is 0.169 e. The van der Waals surface area contributed by atoms with Gasteiger partial charge in [-0.05, 0) is 24.5 Å². The molecule has 0 amide bonds. The van der Waals surface area contributed by atoms with E-state index in [1.807, 2.05) is 11.8 Å². The van der Waals surface area contributed by atoms with Crippen LogP contribution in [0, 0.1) is 5.92 Å². The molecule has 0 bridgehead atoms. The molecule has 0 aromatic heterocycles. The fraction of sp³-hybridized carbons (Fsp3) is 1.00. The number of nitrogens with two attached hydrogens (primary N) is 1. The molecule has 0 aromatic carbocycles. The fourth-order valence-corrected chi connectivity index (χ4v) is 4.19. The van der Waals surface area contributed by atoms with Crippen LogP contribution in [0.5, 0.6) is 0 Å². The molecule has 2 atom stereocenters. The van der Waals surface area contributed by atoms with Gasteiger partial charge in [-0.3, -0.25) is 0 Å². The van der Waals surface area contributed by atoms with Crippen molar-refractivity contribution in [1.82, 2.24) is 0 Å². The summed E-state index contributed by atoms with van der Waals surface area (Å²) in [6, 6.07) is 0.311. The van der Waals surface area contributed by atoms with Crippen molar-refractivity contribution in [2.24, 2.45) is 11.7 Å². The van der Waals surface area contributed by atoms with Crippen LogP contribution in [0.4, 0.5) is 0 Å². The third-order valence-electron chi connectivity index (χ3n) is 3.69. The first kappa shape index (κ1) is 13.7. The van der Waals surface area contributed by atoms with Gasteiger partial charge in [0.15, 0.2) is 5.79 Å². The second-order valence-corrected chi connectivity index (χ2v) is 6.95. The molecule has 1 spiro atoms. The Labute approximate surface area is 109 Å². The minimum Gasteiger partial charge on any atom is -0.347 e. The van der Waals surface area contributed by atoms with Crippen LogP contribution in [0.15, 0.2) is 0 Å². The van der Waals surface area contributed by atoms with E-state index in [0.717, 1.165) is 38.4 Å². The van der Waals surface area contributed by atoms with Crippen LogP contribution in [-0.4, -0.2) is 36.0 Å². The zero-order chi connectivity index (χ0) is 12.3.